The topological polar surface area (TPSA) is 88.4 Å². The van der Waals surface area contributed by atoms with Crippen LogP contribution in [-0.2, 0) is 10.0 Å². The molecular weight excluding hydrogens is 412 g/mol. The van der Waals surface area contributed by atoms with Gasteiger partial charge in [-0.05, 0) is 61.9 Å². The number of carbonyl (C=O) groups excluding carboxylic acids is 1. The van der Waals surface area contributed by atoms with Gasteiger partial charge in [0.2, 0.25) is 0 Å². The van der Waals surface area contributed by atoms with Gasteiger partial charge in [0.05, 0.1) is 16.6 Å². The van der Waals surface area contributed by atoms with Crippen molar-refractivity contribution in [2.24, 2.45) is 0 Å². The van der Waals surface area contributed by atoms with Crippen molar-refractivity contribution in [1.29, 1.82) is 0 Å². The van der Waals surface area contributed by atoms with Crippen molar-refractivity contribution < 1.29 is 17.6 Å². The standard InChI is InChI=1S/C24H22N2O4S/c1-16-7-3-5-9-21(16)26-31(28,29)20-13-11-18(12-14-20)24(27)25-17(2)23-15-19-8-4-6-10-22(19)30-23/h3-15,17,26H,1-2H3,(H,25,27). The molecule has 6 nitrogen and oxygen atoms in total. The molecule has 1 amide bonds. The highest BCUT2D eigenvalue weighted by Crippen LogP contribution is 2.24. The summed E-state index contributed by atoms with van der Waals surface area (Å²) in [5.74, 6) is 0.333. The number of furan rings is 1. The molecule has 0 aliphatic rings. The number of hydrogen-bond donors (Lipinski definition) is 2. The van der Waals surface area contributed by atoms with Crippen LogP contribution in [0.1, 0.15) is 34.6 Å². The average molecular weight is 435 g/mol. The number of para-hydroxylation sites is 2. The summed E-state index contributed by atoms with van der Waals surface area (Å²) in [6.07, 6.45) is 0. The number of anilines is 1. The summed E-state index contributed by atoms with van der Waals surface area (Å²) in [5, 5.41) is 3.85. The van der Waals surface area contributed by atoms with E-state index in [0.29, 0.717) is 17.0 Å². The number of rotatable bonds is 6. The molecule has 2 N–H and O–H groups in total. The fourth-order valence-electron chi connectivity index (χ4n) is 3.24. The zero-order valence-electron chi connectivity index (χ0n) is 17.1. The minimum atomic E-state index is -3.76. The zero-order valence-corrected chi connectivity index (χ0v) is 17.9. The van der Waals surface area contributed by atoms with Crippen molar-refractivity contribution in [2.75, 3.05) is 4.72 Å². The molecule has 158 valence electrons. The minimum absolute atomic E-state index is 0.0811. The molecule has 4 rings (SSSR count). The molecule has 7 heteroatoms. The predicted octanol–water partition coefficient (Wildman–Crippen LogP) is 5.03. The fourth-order valence-corrected chi connectivity index (χ4v) is 4.37. The van der Waals surface area contributed by atoms with Crippen LogP contribution >= 0.6 is 0 Å². The van der Waals surface area contributed by atoms with Gasteiger partial charge in [0, 0.05) is 10.9 Å². The maximum Gasteiger partial charge on any atom is 0.261 e. The summed E-state index contributed by atoms with van der Waals surface area (Å²) in [6, 6.07) is 22.1. The van der Waals surface area contributed by atoms with Crippen LogP contribution in [-0.4, -0.2) is 14.3 Å². The van der Waals surface area contributed by atoms with Crippen molar-refractivity contribution in [1.82, 2.24) is 5.32 Å². The molecule has 0 saturated carbocycles. The van der Waals surface area contributed by atoms with Gasteiger partial charge >= 0.3 is 0 Å². The highest BCUT2D eigenvalue weighted by atomic mass is 32.2. The number of amides is 1. The van der Waals surface area contributed by atoms with E-state index in [0.717, 1.165) is 16.5 Å². The van der Waals surface area contributed by atoms with Gasteiger partial charge in [-0.3, -0.25) is 9.52 Å². The van der Waals surface area contributed by atoms with Crippen molar-refractivity contribution in [3.63, 3.8) is 0 Å². The lowest BCUT2D eigenvalue weighted by Crippen LogP contribution is -2.26. The molecule has 0 spiro atoms. The maximum atomic E-state index is 12.7. The molecule has 4 aromatic rings. The van der Waals surface area contributed by atoms with Crippen LogP contribution in [0.4, 0.5) is 5.69 Å². The zero-order chi connectivity index (χ0) is 22.0. The van der Waals surface area contributed by atoms with Gasteiger partial charge in [0.15, 0.2) is 0 Å². The fraction of sp³-hybridized carbons (Fsp3) is 0.125. The quantitative estimate of drug-likeness (QED) is 0.445. The first-order chi connectivity index (χ1) is 14.8. The van der Waals surface area contributed by atoms with Gasteiger partial charge in [0.1, 0.15) is 11.3 Å². The number of hydrogen-bond acceptors (Lipinski definition) is 4. The molecule has 1 aromatic heterocycles. The second kappa shape index (κ2) is 8.28. The Morgan fingerprint density at radius 1 is 0.935 bits per heavy atom. The summed E-state index contributed by atoms with van der Waals surface area (Å²) < 4.78 is 33.7. The van der Waals surface area contributed by atoms with Crippen molar-refractivity contribution in [2.45, 2.75) is 24.8 Å². The van der Waals surface area contributed by atoms with E-state index in [9.17, 15) is 13.2 Å². The van der Waals surface area contributed by atoms with Crippen LogP contribution in [0, 0.1) is 6.92 Å². The van der Waals surface area contributed by atoms with Crippen molar-refractivity contribution in [3.8, 4) is 0 Å². The smallest absolute Gasteiger partial charge is 0.261 e. The summed E-state index contributed by atoms with van der Waals surface area (Å²) in [7, 11) is -3.76. The summed E-state index contributed by atoms with van der Waals surface area (Å²) in [4.78, 5) is 12.7. The van der Waals surface area contributed by atoms with E-state index < -0.39 is 10.0 Å². The van der Waals surface area contributed by atoms with E-state index in [1.807, 2.05) is 56.3 Å². The van der Waals surface area contributed by atoms with E-state index in [-0.39, 0.29) is 16.8 Å². The first-order valence-electron chi connectivity index (χ1n) is 9.81. The van der Waals surface area contributed by atoms with Gasteiger partial charge in [0.25, 0.3) is 15.9 Å². The number of aryl methyl sites for hydroxylation is 1. The number of nitrogens with one attached hydrogen (secondary N) is 2. The third kappa shape index (κ3) is 4.46. The molecule has 0 bridgehead atoms. The molecule has 1 atom stereocenters. The Hall–Kier alpha value is -3.58. The average Bonchev–Trinajstić information content (AvgIpc) is 3.20. The number of fused-ring (bicyclic) bond motifs is 1. The Kier molecular flexibility index (Phi) is 5.52. The summed E-state index contributed by atoms with van der Waals surface area (Å²) in [6.45, 7) is 3.66. The molecule has 0 saturated heterocycles. The lowest BCUT2D eigenvalue weighted by atomic mass is 10.1. The Morgan fingerprint density at radius 2 is 1.61 bits per heavy atom. The minimum Gasteiger partial charge on any atom is -0.459 e. The maximum absolute atomic E-state index is 12.7. The molecule has 0 aliphatic heterocycles. The molecule has 1 unspecified atom stereocenters. The van der Waals surface area contributed by atoms with Gasteiger partial charge in [-0.2, -0.15) is 0 Å². The molecule has 31 heavy (non-hydrogen) atoms. The van der Waals surface area contributed by atoms with Gasteiger partial charge < -0.3 is 9.73 Å². The second-order valence-corrected chi connectivity index (χ2v) is 9.01. The van der Waals surface area contributed by atoms with E-state index in [1.165, 1.54) is 24.3 Å². The highest BCUT2D eigenvalue weighted by molar-refractivity contribution is 7.92. The first kappa shape index (κ1) is 20.7. The van der Waals surface area contributed by atoms with Crippen molar-refractivity contribution >= 4 is 32.6 Å². The Balaban J connectivity index is 1.47. The van der Waals surface area contributed by atoms with E-state index in [1.54, 1.807) is 12.1 Å². The van der Waals surface area contributed by atoms with Crippen LogP contribution in [0.15, 0.2) is 88.2 Å². The van der Waals surface area contributed by atoms with Crippen LogP contribution < -0.4 is 10.0 Å². The van der Waals surface area contributed by atoms with Gasteiger partial charge in [-0.25, -0.2) is 8.42 Å². The Bertz CT molecular complexity index is 1310. The number of sulfonamides is 1. The van der Waals surface area contributed by atoms with E-state index in [4.69, 9.17) is 4.42 Å². The van der Waals surface area contributed by atoms with Crippen LogP contribution in [0.3, 0.4) is 0 Å². The summed E-state index contributed by atoms with van der Waals surface area (Å²) in [5.41, 5.74) is 2.46. The van der Waals surface area contributed by atoms with Crippen LogP contribution in [0.2, 0.25) is 0 Å². The highest BCUT2D eigenvalue weighted by Gasteiger charge is 2.18. The second-order valence-electron chi connectivity index (χ2n) is 7.33. The normalized spacial score (nSPS) is 12.5. The third-order valence-corrected chi connectivity index (χ3v) is 6.42. The van der Waals surface area contributed by atoms with Crippen LogP contribution in [0.5, 0.6) is 0 Å². The van der Waals surface area contributed by atoms with Gasteiger partial charge in [-0.15, -0.1) is 0 Å². The molecule has 0 radical (unpaired) electrons. The Morgan fingerprint density at radius 3 is 2.32 bits per heavy atom. The lowest BCUT2D eigenvalue weighted by molar-refractivity contribution is 0.0935. The monoisotopic (exact) mass is 434 g/mol. The molecular formula is C24H22N2O4S. The predicted molar refractivity (Wildman–Crippen MR) is 121 cm³/mol. The first-order valence-corrected chi connectivity index (χ1v) is 11.3. The molecule has 1 heterocycles. The summed E-state index contributed by atoms with van der Waals surface area (Å²) >= 11 is 0. The number of carbonyl (C=O) groups is 1. The SMILES string of the molecule is Cc1ccccc1NS(=O)(=O)c1ccc(C(=O)NC(C)c2cc3ccccc3o2)cc1. The van der Waals surface area contributed by atoms with Crippen molar-refractivity contribution in [3.05, 3.63) is 95.7 Å². The van der Waals surface area contributed by atoms with E-state index in [2.05, 4.69) is 10.0 Å². The van der Waals surface area contributed by atoms with E-state index >= 15 is 0 Å². The molecule has 3 aromatic carbocycles. The largest absolute Gasteiger partial charge is 0.459 e. The molecule has 0 aliphatic carbocycles. The Labute approximate surface area is 181 Å². The third-order valence-electron chi connectivity index (χ3n) is 5.04. The number of benzene rings is 3. The molecule has 0 fully saturated rings. The van der Waals surface area contributed by atoms with Gasteiger partial charge in [-0.1, -0.05) is 36.4 Å². The lowest BCUT2D eigenvalue weighted by Gasteiger charge is -2.13. The van der Waals surface area contributed by atoms with Crippen LogP contribution in [0.25, 0.3) is 11.0 Å².